The molecule has 0 radical (unpaired) electrons. The average molecular weight is 288 g/mol. The van der Waals surface area contributed by atoms with Gasteiger partial charge >= 0.3 is 0 Å². The summed E-state index contributed by atoms with van der Waals surface area (Å²) in [6.07, 6.45) is 0. The topological polar surface area (TPSA) is 30.5 Å². The molecule has 0 saturated heterocycles. The average Bonchev–Trinajstić information content (AvgIpc) is 2.25. The van der Waals surface area contributed by atoms with Crippen molar-refractivity contribution in [1.82, 2.24) is 5.32 Å². The van der Waals surface area contributed by atoms with Crippen molar-refractivity contribution in [2.75, 3.05) is 13.9 Å². The van der Waals surface area contributed by atoms with Gasteiger partial charge in [-0.05, 0) is 22.0 Å². The fourth-order valence-corrected chi connectivity index (χ4v) is 1.81. The highest BCUT2D eigenvalue weighted by atomic mass is 79.9. The third kappa shape index (κ3) is 4.12. The molecule has 1 aromatic carbocycles. The van der Waals surface area contributed by atoms with Crippen LogP contribution in [-0.2, 0) is 11.3 Å². The second-order valence-electron chi connectivity index (χ2n) is 3.81. The minimum atomic E-state index is 0.261. The van der Waals surface area contributed by atoms with Crippen molar-refractivity contribution >= 4 is 15.9 Å². The Labute approximate surface area is 105 Å². The van der Waals surface area contributed by atoms with Crippen molar-refractivity contribution in [2.45, 2.75) is 26.4 Å². The van der Waals surface area contributed by atoms with Crippen molar-refractivity contribution in [1.29, 1.82) is 0 Å². The van der Waals surface area contributed by atoms with Crippen molar-refractivity contribution in [3.63, 3.8) is 0 Å². The van der Waals surface area contributed by atoms with Crippen molar-refractivity contribution < 1.29 is 9.47 Å². The maximum atomic E-state index is 5.54. The summed E-state index contributed by atoms with van der Waals surface area (Å²) < 4.78 is 11.4. The lowest BCUT2D eigenvalue weighted by Gasteiger charge is -2.14. The number of hydrogen-bond donors (Lipinski definition) is 1. The van der Waals surface area contributed by atoms with Gasteiger partial charge in [-0.15, -0.1) is 0 Å². The van der Waals surface area contributed by atoms with E-state index in [0.29, 0.717) is 6.04 Å². The lowest BCUT2D eigenvalue weighted by molar-refractivity contribution is 0.0498. The van der Waals surface area contributed by atoms with E-state index in [2.05, 4.69) is 35.1 Å². The highest BCUT2D eigenvalue weighted by Crippen LogP contribution is 2.29. The Morgan fingerprint density at radius 3 is 2.75 bits per heavy atom. The number of benzene rings is 1. The summed E-state index contributed by atoms with van der Waals surface area (Å²) in [7, 11) is 1.61. The molecule has 0 spiro atoms. The fraction of sp³-hybridized carbons (Fsp3) is 0.500. The van der Waals surface area contributed by atoms with Crippen molar-refractivity contribution in [3.8, 4) is 5.75 Å². The van der Waals surface area contributed by atoms with Gasteiger partial charge in [0.1, 0.15) is 5.75 Å². The molecule has 0 aliphatic rings. The number of halogens is 1. The van der Waals surface area contributed by atoms with E-state index in [1.807, 2.05) is 18.2 Å². The Bertz CT molecular complexity index is 329. The summed E-state index contributed by atoms with van der Waals surface area (Å²) in [5.41, 5.74) is 1.13. The van der Waals surface area contributed by atoms with Gasteiger partial charge in [0.25, 0.3) is 0 Å². The Kier molecular flexibility index (Phi) is 5.80. The van der Waals surface area contributed by atoms with Crippen LogP contribution in [0.1, 0.15) is 19.4 Å². The van der Waals surface area contributed by atoms with Crippen LogP contribution in [0, 0.1) is 0 Å². The third-order valence-corrected chi connectivity index (χ3v) is 2.69. The summed E-state index contributed by atoms with van der Waals surface area (Å²) in [5, 5.41) is 3.36. The molecule has 0 amide bonds. The molecule has 1 aromatic rings. The molecule has 0 aliphatic carbocycles. The monoisotopic (exact) mass is 287 g/mol. The summed E-state index contributed by atoms with van der Waals surface area (Å²) in [4.78, 5) is 0. The first kappa shape index (κ1) is 13.5. The Hall–Kier alpha value is -0.580. The van der Waals surface area contributed by atoms with Crippen LogP contribution in [-0.4, -0.2) is 19.9 Å². The van der Waals surface area contributed by atoms with Gasteiger partial charge in [0.05, 0.1) is 4.47 Å². The van der Waals surface area contributed by atoms with Crippen LogP contribution >= 0.6 is 15.9 Å². The fourth-order valence-electron chi connectivity index (χ4n) is 1.29. The highest BCUT2D eigenvalue weighted by molar-refractivity contribution is 9.10. The van der Waals surface area contributed by atoms with Gasteiger partial charge in [-0.3, -0.25) is 0 Å². The van der Waals surface area contributed by atoms with E-state index in [-0.39, 0.29) is 6.79 Å². The zero-order valence-electron chi connectivity index (χ0n) is 9.92. The molecular formula is C12H18BrNO2. The Balaban J connectivity index is 2.76. The second kappa shape index (κ2) is 6.89. The molecule has 1 N–H and O–H groups in total. The van der Waals surface area contributed by atoms with E-state index in [9.17, 15) is 0 Å². The summed E-state index contributed by atoms with van der Waals surface area (Å²) in [6.45, 7) is 5.29. The van der Waals surface area contributed by atoms with Crippen LogP contribution in [0.4, 0.5) is 0 Å². The smallest absolute Gasteiger partial charge is 0.188 e. The number of rotatable bonds is 6. The van der Waals surface area contributed by atoms with Crippen LogP contribution in [0.5, 0.6) is 5.75 Å². The van der Waals surface area contributed by atoms with Crippen LogP contribution in [0.15, 0.2) is 22.7 Å². The van der Waals surface area contributed by atoms with Crippen LogP contribution in [0.2, 0.25) is 0 Å². The minimum absolute atomic E-state index is 0.261. The zero-order valence-corrected chi connectivity index (χ0v) is 11.5. The van der Waals surface area contributed by atoms with E-state index in [1.54, 1.807) is 7.11 Å². The minimum Gasteiger partial charge on any atom is -0.466 e. The van der Waals surface area contributed by atoms with Gasteiger partial charge in [0, 0.05) is 25.3 Å². The number of hydrogen-bond acceptors (Lipinski definition) is 3. The Morgan fingerprint density at radius 1 is 1.38 bits per heavy atom. The molecule has 1 rings (SSSR count). The molecule has 90 valence electrons. The molecule has 0 aliphatic heterocycles. The quantitative estimate of drug-likeness (QED) is 0.816. The maximum Gasteiger partial charge on any atom is 0.188 e. The SMILES string of the molecule is COCOc1c(Br)cccc1CNC(C)C. The van der Waals surface area contributed by atoms with E-state index in [1.165, 1.54) is 0 Å². The maximum absolute atomic E-state index is 5.54. The number of ether oxygens (including phenoxy) is 2. The third-order valence-electron chi connectivity index (χ3n) is 2.07. The summed E-state index contributed by atoms with van der Waals surface area (Å²) >= 11 is 3.48. The lowest BCUT2D eigenvalue weighted by atomic mass is 10.2. The molecule has 0 aromatic heterocycles. The van der Waals surface area contributed by atoms with E-state index >= 15 is 0 Å². The molecule has 4 heteroatoms. The standard InChI is InChI=1S/C12H18BrNO2/c1-9(2)14-7-10-5-4-6-11(13)12(10)16-8-15-3/h4-6,9,14H,7-8H2,1-3H3. The van der Waals surface area contributed by atoms with Gasteiger partial charge in [0.2, 0.25) is 0 Å². The lowest BCUT2D eigenvalue weighted by Crippen LogP contribution is -2.22. The second-order valence-corrected chi connectivity index (χ2v) is 4.67. The molecular weight excluding hydrogens is 270 g/mol. The van der Waals surface area contributed by atoms with Gasteiger partial charge in [-0.25, -0.2) is 0 Å². The molecule has 0 bridgehead atoms. The van der Waals surface area contributed by atoms with Crippen LogP contribution in [0.3, 0.4) is 0 Å². The first-order valence-corrected chi connectivity index (χ1v) is 6.07. The first-order valence-electron chi connectivity index (χ1n) is 5.27. The predicted molar refractivity (Wildman–Crippen MR) is 68.6 cm³/mol. The van der Waals surface area contributed by atoms with Gasteiger partial charge in [0.15, 0.2) is 6.79 Å². The van der Waals surface area contributed by atoms with Crippen LogP contribution in [0.25, 0.3) is 0 Å². The predicted octanol–water partition coefficient (Wildman–Crippen LogP) is 2.93. The molecule has 0 unspecified atom stereocenters. The summed E-state index contributed by atoms with van der Waals surface area (Å²) in [6, 6.07) is 6.46. The van der Waals surface area contributed by atoms with E-state index in [4.69, 9.17) is 9.47 Å². The molecule has 16 heavy (non-hydrogen) atoms. The van der Waals surface area contributed by atoms with Crippen molar-refractivity contribution in [2.24, 2.45) is 0 Å². The van der Waals surface area contributed by atoms with Gasteiger partial charge < -0.3 is 14.8 Å². The zero-order chi connectivity index (χ0) is 12.0. The van der Waals surface area contributed by atoms with E-state index in [0.717, 1.165) is 22.3 Å². The highest BCUT2D eigenvalue weighted by Gasteiger charge is 2.08. The number of methoxy groups -OCH3 is 1. The van der Waals surface area contributed by atoms with Crippen LogP contribution < -0.4 is 10.1 Å². The largest absolute Gasteiger partial charge is 0.466 e. The summed E-state index contributed by atoms with van der Waals surface area (Å²) in [5.74, 6) is 0.845. The van der Waals surface area contributed by atoms with E-state index < -0.39 is 0 Å². The first-order chi connectivity index (χ1) is 7.65. The molecule has 0 saturated carbocycles. The number of nitrogens with one attached hydrogen (secondary N) is 1. The molecule has 0 heterocycles. The molecule has 3 nitrogen and oxygen atoms in total. The number of para-hydroxylation sites is 1. The Morgan fingerprint density at radius 2 is 2.12 bits per heavy atom. The molecule has 0 atom stereocenters. The van der Waals surface area contributed by atoms with Crippen molar-refractivity contribution in [3.05, 3.63) is 28.2 Å². The normalized spacial score (nSPS) is 10.8. The van der Waals surface area contributed by atoms with Gasteiger partial charge in [-0.2, -0.15) is 0 Å². The van der Waals surface area contributed by atoms with Gasteiger partial charge in [-0.1, -0.05) is 26.0 Å². The molecule has 0 fully saturated rings.